The minimum atomic E-state index is 0.737. The molecule has 15 heavy (non-hydrogen) atoms. The fourth-order valence-electron chi connectivity index (χ4n) is 1.30. The molecule has 0 saturated carbocycles. The van der Waals surface area contributed by atoms with Gasteiger partial charge in [-0.3, -0.25) is 0 Å². The summed E-state index contributed by atoms with van der Waals surface area (Å²) in [6, 6.07) is 4.01. The molecule has 0 aliphatic rings. The van der Waals surface area contributed by atoms with Gasteiger partial charge in [0.2, 0.25) is 0 Å². The van der Waals surface area contributed by atoms with Gasteiger partial charge in [-0.2, -0.15) is 0 Å². The molecule has 2 rings (SSSR count). The average Bonchev–Trinajstić information content (AvgIpc) is 2.62. The quantitative estimate of drug-likeness (QED) is 0.862. The molecule has 0 spiro atoms. The number of pyridine rings is 1. The fraction of sp³-hybridized carbons (Fsp3) is 0.273. The highest BCUT2D eigenvalue weighted by atomic mass is 32.1. The van der Waals surface area contributed by atoms with Gasteiger partial charge in [0.05, 0.1) is 17.2 Å². The van der Waals surface area contributed by atoms with Crippen LogP contribution in [-0.2, 0) is 6.54 Å². The molecule has 0 aromatic carbocycles. The minimum Gasteiger partial charge on any atom is -0.364 e. The molecule has 0 aliphatic carbocycles. The number of hydrogen-bond donors (Lipinski definition) is 1. The van der Waals surface area contributed by atoms with Gasteiger partial charge in [0.25, 0.3) is 0 Å². The maximum atomic E-state index is 4.38. The summed E-state index contributed by atoms with van der Waals surface area (Å²) in [6.45, 7) is 4.81. The number of anilines is 1. The zero-order valence-corrected chi connectivity index (χ0v) is 9.64. The number of rotatable bonds is 3. The smallest absolute Gasteiger partial charge is 0.126 e. The lowest BCUT2D eigenvalue weighted by Crippen LogP contribution is -2.01. The fourth-order valence-corrected chi connectivity index (χ4v) is 1.92. The van der Waals surface area contributed by atoms with Crippen LogP contribution in [0.15, 0.2) is 23.7 Å². The predicted molar refractivity (Wildman–Crippen MR) is 63.2 cm³/mol. The summed E-state index contributed by atoms with van der Waals surface area (Å²) in [6.07, 6.45) is 1.81. The zero-order chi connectivity index (χ0) is 10.7. The molecule has 0 fully saturated rings. The Kier molecular flexibility index (Phi) is 2.97. The van der Waals surface area contributed by atoms with Crippen LogP contribution in [0.4, 0.5) is 5.82 Å². The van der Waals surface area contributed by atoms with Crippen molar-refractivity contribution in [2.45, 2.75) is 20.4 Å². The van der Waals surface area contributed by atoms with Crippen LogP contribution in [0, 0.1) is 13.8 Å². The van der Waals surface area contributed by atoms with Gasteiger partial charge in [0, 0.05) is 11.6 Å². The van der Waals surface area contributed by atoms with Gasteiger partial charge >= 0.3 is 0 Å². The molecule has 3 nitrogen and oxygen atoms in total. The van der Waals surface area contributed by atoms with Crippen molar-refractivity contribution in [3.63, 3.8) is 0 Å². The Morgan fingerprint density at radius 2 is 2.27 bits per heavy atom. The summed E-state index contributed by atoms with van der Waals surface area (Å²) in [5.41, 5.74) is 2.28. The molecule has 78 valence electrons. The second kappa shape index (κ2) is 4.40. The Labute approximate surface area is 93.2 Å². The standard InChI is InChI=1S/C11H13N3S/c1-8-3-4-12-11(5-8)13-6-10-7-15-9(2)14-10/h3-5,7H,6H2,1-2H3,(H,12,13). The minimum absolute atomic E-state index is 0.737. The monoisotopic (exact) mass is 219 g/mol. The molecule has 2 aromatic heterocycles. The van der Waals surface area contributed by atoms with Gasteiger partial charge in [-0.1, -0.05) is 0 Å². The van der Waals surface area contributed by atoms with Gasteiger partial charge < -0.3 is 5.32 Å². The summed E-state index contributed by atoms with van der Waals surface area (Å²) in [7, 11) is 0. The molecule has 0 saturated heterocycles. The molecule has 4 heteroatoms. The summed E-state index contributed by atoms with van der Waals surface area (Å²) >= 11 is 1.67. The number of thiazole rings is 1. The molecule has 0 aliphatic heterocycles. The van der Waals surface area contributed by atoms with Crippen LogP contribution in [0.3, 0.4) is 0 Å². The van der Waals surface area contributed by atoms with Crippen LogP contribution in [0.2, 0.25) is 0 Å². The largest absolute Gasteiger partial charge is 0.364 e. The molecule has 1 N–H and O–H groups in total. The average molecular weight is 219 g/mol. The Balaban J connectivity index is 1.99. The first-order valence-corrected chi connectivity index (χ1v) is 5.69. The first-order valence-electron chi connectivity index (χ1n) is 4.81. The lowest BCUT2D eigenvalue weighted by atomic mass is 10.3. The third-order valence-corrected chi connectivity index (χ3v) is 2.85. The van der Waals surface area contributed by atoms with Crippen molar-refractivity contribution < 1.29 is 0 Å². The SMILES string of the molecule is Cc1ccnc(NCc2csc(C)n2)c1. The van der Waals surface area contributed by atoms with Gasteiger partial charge in [-0.15, -0.1) is 11.3 Å². The molecule has 0 unspecified atom stereocenters. The Hall–Kier alpha value is -1.42. The van der Waals surface area contributed by atoms with Crippen LogP contribution in [0.25, 0.3) is 0 Å². The van der Waals surface area contributed by atoms with E-state index in [1.54, 1.807) is 11.3 Å². The van der Waals surface area contributed by atoms with Crippen molar-refractivity contribution in [3.05, 3.63) is 40.0 Å². The number of hydrogen-bond acceptors (Lipinski definition) is 4. The summed E-state index contributed by atoms with van der Waals surface area (Å²) in [5, 5.41) is 6.42. The maximum Gasteiger partial charge on any atom is 0.126 e. The van der Waals surface area contributed by atoms with Crippen LogP contribution in [0.1, 0.15) is 16.3 Å². The van der Waals surface area contributed by atoms with E-state index in [9.17, 15) is 0 Å². The van der Waals surface area contributed by atoms with E-state index in [-0.39, 0.29) is 0 Å². The first kappa shape index (κ1) is 10.1. The van der Waals surface area contributed by atoms with Crippen molar-refractivity contribution in [1.29, 1.82) is 0 Å². The van der Waals surface area contributed by atoms with E-state index in [0.29, 0.717) is 0 Å². The van der Waals surface area contributed by atoms with Crippen molar-refractivity contribution in [2.75, 3.05) is 5.32 Å². The number of aryl methyl sites for hydroxylation is 2. The predicted octanol–water partition coefficient (Wildman–Crippen LogP) is 2.77. The first-order chi connectivity index (χ1) is 7.24. The van der Waals surface area contributed by atoms with E-state index in [2.05, 4.69) is 27.6 Å². The summed E-state index contributed by atoms with van der Waals surface area (Å²) in [5.74, 6) is 0.903. The number of aromatic nitrogens is 2. The maximum absolute atomic E-state index is 4.38. The molecule has 0 bridgehead atoms. The lowest BCUT2D eigenvalue weighted by molar-refractivity contribution is 1.04. The van der Waals surface area contributed by atoms with Crippen molar-refractivity contribution in [2.24, 2.45) is 0 Å². The third kappa shape index (κ3) is 2.76. The van der Waals surface area contributed by atoms with Crippen LogP contribution in [-0.4, -0.2) is 9.97 Å². The highest BCUT2D eigenvalue weighted by molar-refractivity contribution is 7.09. The van der Waals surface area contributed by atoms with E-state index in [0.717, 1.165) is 23.1 Å². The highest BCUT2D eigenvalue weighted by Gasteiger charge is 1.98. The van der Waals surface area contributed by atoms with Gasteiger partial charge in [0.1, 0.15) is 5.82 Å². The van der Waals surface area contributed by atoms with Crippen LogP contribution in [0.5, 0.6) is 0 Å². The lowest BCUT2D eigenvalue weighted by Gasteiger charge is -2.03. The normalized spacial score (nSPS) is 10.3. The van der Waals surface area contributed by atoms with E-state index >= 15 is 0 Å². The Morgan fingerprint density at radius 3 is 2.93 bits per heavy atom. The van der Waals surface area contributed by atoms with E-state index in [1.807, 2.05) is 25.3 Å². The number of nitrogens with one attached hydrogen (secondary N) is 1. The Bertz CT molecular complexity index is 451. The van der Waals surface area contributed by atoms with Crippen LogP contribution < -0.4 is 5.32 Å². The molecule has 2 heterocycles. The molecule has 0 amide bonds. The molecule has 2 aromatic rings. The van der Waals surface area contributed by atoms with Gasteiger partial charge in [-0.05, 0) is 31.5 Å². The van der Waals surface area contributed by atoms with Gasteiger partial charge in [-0.25, -0.2) is 9.97 Å². The van der Waals surface area contributed by atoms with Gasteiger partial charge in [0.15, 0.2) is 0 Å². The molecule has 0 radical (unpaired) electrons. The second-order valence-electron chi connectivity index (χ2n) is 3.43. The topological polar surface area (TPSA) is 37.8 Å². The van der Waals surface area contributed by atoms with E-state index < -0.39 is 0 Å². The van der Waals surface area contributed by atoms with E-state index in [1.165, 1.54) is 5.56 Å². The highest BCUT2D eigenvalue weighted by Crippen LogP contribution is 2.10. The molecule has 0 atom stereocenters. The zero-order valence-electron chi connectivity index (χ0n) is 8.82. The van der Waals surface area contributed by atoms with Crippen molar-refractivity contribution in [3.8, 4) is 0 Å². The molecular weight excluding hydrogens is 206 g/mol. The second-order valence-corrected chi connectivity index (χ2v) is 4.49. The number of nitrogens with zero attached hydrogens (tertiary/aromatic N) is 2. The Morgan fingerprint density at radius 1 is 1.40 bits per heavy atom. The van der Waals surface area contributed by atoms with Crippen molar-refractivity contribution in [1.82, 2.24) is 9.97 Å². The molecular formula is C11H13N3S. The van der Waals surface area contributed by atoms with Crippen molar-refractivity contribution >= 4 is 17.2 Å². The van der Waals surface area contributed by atoms with Crippen LogP contribution >= 0.6 is 11.3 Å². The van der Waals surface area contributed by atoms with E-state index in [4.69, 9.17) is 0 Å². The third-order valence-electron chi connectivity index (χ3n) is 2.03. The summed E-state index contributed by atoms with van der Waals surface area (Å²) < 4.78 is 0. The summed E-state index contributed by atoms with van der Waals surface area (Å²) in [4.78, 5) is 8.60.